The van der Waals surface area contributed by atoms with Crippen LogP contribution < -0.4 is 10.5 Å². The van der Waals surface area contributed by atoms with Crippen molar-refractivity contribution in [3.8, 4) is 16.9 Å². The van der Waals surface area contributed by atoms with E-state index in [1.807, 2.05) is 38.1 Å². The molecule has 0 aliphatic carbocycles. The van der Waals surface area contributed by atoms with Crippen LogP contribution in [0.1, 0.15) is 11.5 Å². The van der Waals surface area contributed by atoms with Crippen molar-refractivity contribution in [2.24, 2.45) is 0 Å². The number of hydrogen-bond donors (Lipinski definition) is 1. The van der Waals surface area contributed by atoms with E-state index in [1.165, 1.54) is 0 Å². The van der Waals surface area contributed by atoms with Gasteiger partial charge in [0.05, 0.1) is 12.8 Å². The van der Waals surface area contributed by atoms with Gasteiger partial charge in [0.2, 0.25) is 0 Å². The SMILES string of the molecule is COc1ccccc1-c1c(C)nc(C)nc1N. The van der Waals surface area contributed by atoms with Crippen LogP contribution in [0, 0.1) is 13.8 Å². The number of nitrogens with two attached hydrogens (primary N) is 1. The van der Waals surface area contributed by atoms with E-state index in [0.717, 1.165) is 22.6 Å². The highest BCUT2D eigenvalue weighted by Crippen LogP contribution is 2.34. The summed E-state index contributed by atoms with van der Waals surface area (Å²) in [4.78, 5) is 8.54. The molecule has 0 atom stereocenters. The summed E-state index contributed by atoms with van der Waals surface area (Å²) in [5, 5.41) is 0. The zero-order chi connectivity index (χ0) is 12.4. The molecule has 2 N–H and O–H groups in total. The fraction of sp³-hybridized carbons (Fsp3) is 0.231. The van der Waals surface area contributed by atoms with Crippen LogP contribution in [0.25, 0.3) is 11.1 Å². The van der Waals surface area contributed by atoms with Crippen molar-refractivity contribution in [2.75, 3.05) is 12.8 Å². The highest BCUT2D eigenvalue weighted by Gasteiger charge is 2.13. The van der Waals surface area contributed by atoms with Crippen LogP contribution in [0.15, 0.2) is 24.3 Å². The molecule has 4 heteroatoms. The van der Waals surface area contributed by atoms with Gasteiger partial charge in [-0.2, -0.15) is 0 Å². The Bertz CT molecular complexity index is 529. The Hall–Kier alpha value is -2.10. The molecule has 1 aromatic carbocycles. The van der Waals surface area contributed by atoms with Crippen LogP contribution in [0.5, 0.6) is 5.75 Å². The first-order valence-corrected chi connectivity index (χ1v) is 5.37. The second-order valence-electron chi connectivity index (χ2n) is 3.82. The van der Waals surface area contributed by atoms with Gasteiger partial charge in [0, 0.05) is 11.1 Å². The summed E-state index contributed by atoms with van der Waals surface area (Å²) < 4.78 is 5.33. The van der Waals surface area contributed by atoms with E-state index in [-0.39, 0.29) is 0 Å². The lowest BCUT2D eigenvalue weighted by Gasteiger charge is -2.12. The van der Waals surface area contributed by atoms with Crippen molar-refractivity contribution < 1.29 is 4.74 Å². The molecular weight excluding hydrogens is 214 g/mol. The minimum absolute atomic E-state index is 0.486. The van der Waals surface area contributed by atoms with Gasteiger partial charge in [0.1, 0.15) is 17.4 Å². The number of aromatic nitrogens is 2. The van der Waals surface area contributed by atoms with E-state index in [1.54, 1.807) is 7.11 Å². The molecule has 2 rings (SSSR count). The maximum absolute atomic E-state index is 5.97. The van der Waals surface area contributed by atoms with Gasteiger partial charge in [-0.3, -0.25) is 0 Å². The third-order valence-corrected chi connectivity index (χ3v) is 2.61. The molecule has 0 spiro atoms. The predicted octanol–water partition coefficient (Wildman–Crippen LogP) is 2.35. The van der Waals surface area contributed by atoms with E-state index in [2.05, 4.69) is 9.97 Å². The number of ether oxygens (including phenoxy) is 1. The summed E-state index contributed by atoms with van der Waals surface area (Å²) in [6.07, 6.45) is 0. The number of hydrogen-bond acceptors (Lipinski definition) is 4. The Morgan fingerprint density at radius 2 is 1.82 bits per heavy atom. The molecule has 0 bridgehead atoms. The average Bonchev–Trinajstić information content (AvgIpc) is 2.28. The molecule has 0 amide bonds. The second-order valence-corrected chi connectivity index (χ2v) is 3.82. The zero-order valence-corrected chi connectivity index (χ0v) is 10.2. The van der Waals surface area contributed by atoms with Crippen LogP contribution in [0.4, 0.5) is 5.82 Å². The largest absolute Gasteiger partial charge is 0.496 e. The summed E-state index contributed by atoms with van der Waals surface area (Å²) >= 11 is 0. The van der Waals surface area contributed by atoms with E-state index in [0.29, 0.717) is 11.6 Å². The molecule has 0 aliphatic rings. The minimum Gasteiger partial charge on any atom is -0.496 e. The van der Waals surface area contributed by atoms with Crippen molar-refractivity contribution in [3.63, 3.8) is 0 Å². The molecule has 0 saturated heterocycles. The Labute approximate surface area is 100 Å². The molecular formula is C13H15N3O. The highest BCUT2D eigenvalue weighted by molar-refractivity contribution is 5.80. The van der Waals surface area contributed by atoms with E-state index >= 15 is 0 Å². The molecule has 88 valence electrons. The second kappa shape index (κ2) is 4.41. The van der Waals surface area contributed by atoms with Crippen LogP contribution in [-0.4, -0.2) is 17.1 Å². The normalized spacial score (nSPS) is 10.3. The summed E-state index contributed by atoms with van der Waals surface area (Å²) in [6.45, 7) is 3.75. The predicted molar refractivity (Wildman–Crippen MR) is 67.9 cm³/mol. The number of methoxy groups -OCH3 is 1. The molecule has 0 unspecified atom stereocenters. The Morgan fingerprint density at radius 1 is 1.12 bits per heavy atom. The molecule has 17 heavy (non-hydrogen) atoms. The van der Waals surface area contributed by atoms with Gasteiger partial charge in [-0.1, -0.05) is 18.2 Å². The van der Waals surface area contributed by atoms with Crippen molar-refractivity contribution in [1.29, 1.82) is 0 Å². The maximum atomic E-state index is 5.97. The number of nitrogen functional groups attached to an aromatic ring is 1. The maximum Gasteiger partial charge on any atom is 0.135 e. The first-order valence-electron chi connectivity index (χ1n) is 5.37. The van der Waals surface area contributed by atoms with Gasteiger partial charge in [-0.05, 0) is 19.9 Å². The lowest BCUT2D eigenvalue weighted by Crippen LogP contribution is -2.03. The Kier molecular flexibility index (Phi) is 2.95. The quantitative estimate of drug-likeness (QED) is 0.858. The number of aryl methyl sites for hydroxylation is 2. The fourth-order valence-electron chi connectivity index (χ4n) is 1.92. The minimum atomic E-state index is 0.486. The van der Waals surface area contributed by atoms with Gasteiger partial charge < -0.3 is 10.5 Å². The first-order chi connectivity index (χ1) is 8.13. The Balaban J connectivity index is 2.68. The van der Waals surface area contributed by atoms with Gasteiger partial charge in [-0.25, -0.2) is 9.97 Å². The summed E-state index contributed by atoms with van der Waals surface area (Å²) in [6, 6.07) is 7.71. The topological polar surface area (TPSA) is 61.0 Å². The van der Waals surface area contributed by atoms with Crippen molar-refractivity contribution in [2.45, 2.75) is 13.8 Å². The average molecular weight is 229 g/mol. The third kappa shape index (κ3) is 2.06. The molecule has 0 radical (unpaired) electrons. The molecule has 0 aliphatic heterocycles. The molecule has 4 nitrogen and oxygen atoms in total. The van der Waals surface area contributed by atoms with Crippen molar-refractivity contribution in [3.05, 3.63) is 35.8 Å². The number of rotatable bonds is 2. The molecule has 1 heterocycles. The first kappa shape index (κ1) is 11.4. The van der Waals surface area contributed by atoms with E-state index in [9.17, 15) is 0 Å². The van der Waals surface area contributed by atoms with Crippen LogP contribution in [0.3, 0.4) is 0 Å². The van der Waals surface area contributed by atoms with Gasteiger partial charge >= 0.3 is 0 Å². The number of para-hydroxylation sites is 1. The molecule has 0 fully saturated rings. The van der Waals surface area contributed by atoms with Crippen molar-refractivity contribution in [1.82, 2.24) is 9.97 Å². The van der Waals surface area contributed by atoms with E-state index in [4.69, 9.17) is 10.5 Å². The monoisotopic (exact) mass is 229 g/mol. The summed E-state index contributed by atoms with van der Waals surface area (Å²) in [7, 11) is 1.64. The van der Waals surface area contributed by atoms with Gasteiger partial charge in [0.25, 0.3) is 0 Å². The van der Waals surface area contributed by atoms with Crippen LogP contribution in [-0.2, 0) is 0 Å². The zero-order valence-electron chi connectivity index (χ0n) is 10.2. The lowest BCUT2D eigenvalue weighted by atomic mass is 10.0. The van der Waals surface area contributed by atoms with Crippen molar-refractivity contribution >= 4 is 5.82 Å². The van der Waals surface area contributed by atoms with E-state index < -0.39 is 0 Å². The van der Waals surface area contributed by atoms with Gasteiger partial charge in [0.15, 0.2) is 0 Å². The highest BCUT2D eigenvalue weighted by atomic mass is 16.5. The molecule has 1 aromatic heterocycles. The summed E-state index contributed by atoms with van der Waals surface area (Å²) in [5.74, 6) is 1.94. The smallest absolute Gasteiger partial charge is 0.135 e. The standard InChI is InChI=1S/C13H15N3O/c1-8-12(13(14)16-9(2)15-8)10-6-4-5-7-11(10)17-3/h4-7H,1-3H3,(H2,14,15,16). The number of anilines is 1. The van der Waals surface area contributed by atoms with Crippen LogP contribution in [0.2, 0.25) is 0 Å². The third-order valence-electron chi connectivity index (χ3n) is 2.61. The molecule has 0 saturated carbocycles. The number of nitrogens with zero attached hydrogens (tertiary/aromatic N) is 2. The summed E-state index contributed by atoms with van der Waals surface area (Å²) in [5.41, 5.74) is 8.59. The van der Waals surface area contributed by atoms with Crippen LogP contribution >= 0.6 is 0 Å². The number of benzene rings is 1. The molecule has 2 aromatic rings. The Morgan fingerprint density at radius 3 is 2.47 bits per heavy atom. The van der Waals surface area contributed by atoms with Gasteiger partial charge in [-0.15, -0.1) is 0 Å². The lowest BCUT2D eigenvalue weighted by molar-refractivity contribution is 0.416. The fourth-order valence-corrected chi connectivity index (χ4v) is 1.92.